The summed E-state index contributed by atoms with van der Waals surface area (Å²) in [7, 11) is 0. The first-order chi connectivity index (χ1) is 17.3. The largest absolute Gasteiger partial charge is 0.457 e. The molecule has 0 spiro atoms. The Labute approximate surface area is 225 Å². The molecule has 0 radical (unpaired) electrons. The summed E-state index contributed by atoms with van der Waals surface area (Å²) in [4.78, 5) is 0. The quantitative estimate of drug-likeness (QED) is 0.431. The molecule has 3 nitrogen and oxygen atoms in total. The molecule has 200 valence electrons. The molecule has 0 amide bonds. The molecular weight excluding hydrogens is 452 g/mol. The van der Waals surface area contributed by atoms with Crippen LogP contribution in [0.2, 0.25) is 0 Å². The third-order valence-electron chi connectivity index (χ3n) is 10.9. The maximum Gasteiger partial charge on any atom is 0.127 e. The van der Waals surface area contributed by atoms with Crippen LogP contribution in [0.15, 0.2) is 36.4 Å². The van der Waals surface area contributed by atoms with Crippen molar-refractivity contribution in [3.8, 4) is 11.5 Å². The van der Waals surface area contributed by atoms with Gasteiger partial charge in [-0.2, -0.15) is 0 Å². The van der Waals surface area contributed by atoms with Crippen molar-refractivity contribution in [3.05, 3.63) is 47.5 Å². The molecule has 2 aromatic rings. The minimum absolute atomic E-state index is 0.132. The molecule has 2 heterocycles. The van der Waals surface area contributed by atoms with Gasteiger partial charge in [0.1, 0.15) is 11.5 Å². The second kappa shape index (κ2) is 8.17. The van der Waals surface area contributed by atoms with Gasteiger partial charge in [0.25, 0.3) is 0 Å². The van der Waals surface area contributed by atoms with Crippen LogP contribution in [0.1, 0.15) is 105 Å². The Hall–Kier alpha value is -2.16. The molecule has 2 fully saturated rings. The Morgan fingerprint density at radius 2 is 1.03 bits per heavy atom. The highest BCUT2D eigenvalue weighted by Crippen LogP contribution is 2.54. The van der Waals surface area contributed by atoms with E-state index in [9.17, 15) is 0 Å². The summed E-state index contributed by atoms with van der Waals surface area (Å²) in [6.45, 7) is 19.5. The highest BCUT2D eigenvalue weighted by molar-refractivity contribution is 5.63. The molecule has 0 bridgehead atoms. The molecule has 0 unspecified atom stereocenters. The van der Waals surface area contributed by atoms with Gasteiger partial charge in [-0.3, -0.25) is 0 Å². The summed E-state index contributed by atoms with van der Waals surface area (Å²) in [6.07, 6.45) is 7.68. The molecule has 4 aliphatic rings. The van der Waals surface area contributed by atoms with Gasteiger partial charge in [0.15, 0.2) is 0 Å². The summed E-state index contributed by atoms with van der Waals surface area (Å²) in [5.74, 6) is 3.21. The summed E-state index contributed by atoms with van der Waals surface area (Å²) in [5, 5.41) is 7.84. The van der Waals surface area contributed by atoms with Crippen LogP contribution in [-0.4, -0.2) is 12.1 Å². The van der Waals surface area contributed by atoms with E-state index >= 15 is 0 Å². The molecule has 4 atom stereocenters. The van der Waals surface area contributed by atoms with Crippen molar-refractivity contribution in [2.45, 2.75) is 117 Å². The minimum atomic E-state index is 0.132. The lowest BCUT2D eigenvalue weighted by Crippen LogP contribution is -2.50. The van der Waals surface area contributed by atoms with Gasteiger partial charge in [0, 0.05) is 23.5 Å². The molecule has 2 N–H and O–H groups in total. The fourth-order valence-corrected chi connectivity index (χ4v) is 8.63. The van der Waals surface area contributed by atoms with Crippen LogP contribution < -0.4 is 15.4 Å². The zero-order valence-corrected chi connectivity index (χ0v) is 24.4. The molecule has 0 aromatic heterocycles. The molecule has 2 aliphatic heterocycles. The van der Waals surface area contributed by atoms with Crippen molar-refractivity contribution >= 4 is 11.4 Å². The van der Waals surface area contributed by atoms with Crippen molar-refractivity contribution in [1.29, 1.82) is 0 Å². The number of anilines is 2. The van der Waals surface area contributed by atoms with Gasteiger partial charge in [-0.05, 0) is 120 Å². The lowest BCUT2D eigenvalue weighted by molar-refractivity contribution is 0.119. The van der Waals surface area contributed by atoms with Gasteiger partial charge in [-0.15, -0.1) is 0 Å². The Balaban J connectivity index is 1.27. The second-order valence-electron chi connectivity index (χ2n) is 15.5. The number of fused-ring (bicyclic) bond motifs is 4. The Kier molecular flexibility index (Phi) is 5.55. The van der Waals surface area contributed by atoms with Crippen LogP contribution in [0.3, 0.4) is 0 Å². The zero-order valence-electron chi connectivity index (χ0n) is 24.4. The molecule has 2 aliphatic carbocycles. The van der Waals surface area contributed by atoms with Crippen LogP contribution in [0.5, 0.6) is 11.5 Å². The number of hydrogen-bond donors (Lipinski definition) is 2. The van der Waals surface area contributed by atoms with Crippen molar-refractivity contribution in [2.75, 3.05) is 10.6 Å². The van der Waals surface area contributed by atoms with Crippen molar-refractivity contribution in [2.24, 2.45) is 22.7 Å². The van der Waals surface area contributed by atoms with E-state index in [4.69, 9.17) is 4.74 Å². The molecule has 3 heteroatoms. The van der Waals surface area contributed by atoms with Crippen LogP contribution in [0.4, 0.5) is 11.4 Å². The molecule has 0 saturated heterocycles. The fourth-order valence-electron chi connectivity index (χ4n) is 8.63. The highest BCUT2D eigenvalue weighted by Gasteiger charge is 2.48. The second-order valence-corrected chi connectivity index (χ2v) is 15.5. The van der Waals surface area contributed by atoms with Crippen molar-refractivity contribution in [1.82, 2.24) is 0 Å². The van der Waals surface area contributed by atoms with Crippen LogP contribution >= 0.6 is 0 Å². The van der Waals surface area contributed by atoms with Crippen molar-refractivity contribution < 1.29 is 4.74 Å². The smallest absolute Gasteiger partial charge is 0.127 e. The molecule has 2 aromatic carbocycles. The number of hydrogen-bond acceptors (Lipinski definition) is 3. The molecule has 37 heavy (non-hydrogen) atoms. The first-order valence-electron chi connectivity index (χ1n) is 14.8. The topological polar surface area (TPSA) is 33.3 Å². The monoisotopic (exact) mass is 500 g/mol. The highest BCUT2D eigenvalue weighted by atomic mass is 16.5. The van der Waals surface area contributed by atoms with Crippen LogP contribution in [-0.2, 0) is 10.8 Å². The number of rotatable bonds is 2. The average Bonchev–Trinajstić information content (AvgIpc) is 2.78. The van der Waals surface area contributed by atoms with E-state index < -0.39 is 0 Å². The van der Waals surface area contributed by atoms with Crippen molar-refractivity contribution in [3.63, 3.8) is 0 Å². The van der Waals surface area contributed by atoms with Gasteiger partial charge in [0.05, 0.1) is 0 Å². The molecular formula is C34H48N2O. The van der Waals surface area contributed by atoms with E-state index in [2.05, 4.69) is 102 Å². The van der Waals surface area contributed by atoms with E-state index in [0.29, 0.717) is 34.7 Å². The van der Waals surface area contributed by atoms with Crippen LogP contribution in [0.25, 0.3) is 0 Å². The van der Waals surface area contributed by atoms with E-state index in [1.165, 1.54) is 61.0 Å². The van der Waals surface area contributed by atoms with E-state index in [1.54, 1.807) is 0 Å². The lowest BCUT2D eigenvalue weighted by Gasteiger charge is -2.52. The van der Waals surface area contributed by atoms with E-state index in [-0.39, 0.29) is 10.8 Å². The third-order valence-corrected chi connectivity index (χ3v) is 10.9. The van der Waals surface area contributed by atoms with E-state index in [0.717, 1.165) is 11.5 Å². The van der Waals surface area contributed by atoms with Gasteiger partial charge < -0.3 is 15.4 Å². The van der Waals surface area contributed by atoms with Gasteiger partial charge >= 0.3 is 0 Å². The van der Waals surface area contributed by atoms with Crippen LogP contribution in [0, 0.1) is 22.7 Å². The maximum atomic E-state index is 6.58. The fraction of sp³-hybridized carbons (Fsp3) is 0.647. The first-order valence-corrected chi connectivity index (χ1v) is 14.8. The minimum Gasteiger partial charge on any atom is -0.457 e. The summed E-state index contributed by atoms with van der Waals surface area (Å²) >= 11 is 0. The number of benzene rings is 2. The summed E-state index contributed by atoms with van der Waals surface area (Å²) < 4.78 is 6.58. The first kappa shape index (κ1) is 25.1. The summed E-state index contributed by atoms with van der Waals surface area (Å²) in [5.41, 5.74) is 6.50. The maximum absolute atomic E-state index is 6.58. The SMILES string of the molecule is CC1(C)CC[C@H]2[C@H](C1)Nc1ccc(Oc3ccc4c(c3)C(C)(C)[C@@H]3CCC(C)(C)C[C@H]3N4)cc1C2(C)C. The Bertz CT molecular complexity index is 1110. The number of ether oxygens (including phenoxy) is 1. The van der Waals surface area contributed by atoms with E-state index in [1.807, 2.05) is 0 Å². The number of nitrogens with one attached hydrogen (secondary N) is 2. The Morgan fingerprint density at radius 1 is 0.622 bits per heavy atom. The molecule has 6 rings (SSSR count). The van der Waals surface area contributed by atoms with Gasteiger partial charge in [-0.25, -0.2) is 0 Å². The zero-order chi connectivity index (χ0) is 26.4. The van der Waals surface area contributed by atoms with Gasteiger partial charge in [0.2, 0.25) is 0 Å². The normalized spacial score (nSPS) is 31.9. The summed E-state index contributed by atoms with van der Waals surface area (Å²) in [6, 6.07) is 14.5. The van der Waals surface area contributed by atoms with Gasteiger partial charge in [-0.1, -0.05) is 55.4 Å². The third kappa shape index (κ3) is 4.25. The molecule has 2 saturated carbocycles. The predicted molar refractivity (Wildman–Crippen MR) is 156 cm³/mol. The predicted octanol–water partition coefficient (Wildman–Crippen LogP) is 9.27. The lowest BCUT2D eigenvalue weighted by atomic mass is 9.58. The standard InChI is InChI=1S/C34H48N2O/c1-31(2)15-13-23-29(19-31)35-27-11-9-21(17-25(27)33(23,5)6)37-22-10-12-28-26(18-22)34(7,8)24-14-16-32(3,4)20-30(24)36-28/h9-12,17-18,23-24,29-30,35-36H,13-16,19-20H2,1-8H3/t23-,24+,29-,30+. The Morgan fingerprint density at radius 3 is 1.43 bits per heavy atom. The average molecular weight is 501 g/mol.